The molecule has 8 heteroatoms. The highest BCUT2D eigenvalue weighted by Gasteiger charge is 2.14. The van der Waals surface area contributed by atoms with Gasteiger partial charge < -0.3 is 10.1 Å². The van der Waals surface area contributed by atoms with Crippen molar-refractivity contribution in [2.75, 3.05) is 16.6 Å². The lowest BCUT2D eigenvalue weighted by molar-refractivity contribution is 0.0526. The number of anilines is 3. The molecule has 0 amide bonds. The second-order valence-corrected chi connectivity index (χ2v) is 7.46. The smallest absolute Gasteiger partial charge is 0.338 e. The summed E-state index contributed by atoms with van der Waals surface area (Å²) in [6.07, 6.45) is 1.52. The minimum absolute atomic E-state index is 0.167. The highest BCUT2D eigenvalue weighted by molar-refractivity contribution is 7.92. The summed E-state index contributed by atoms with van der Waals surface area (Å²) in [7, 11) is -3.68. The number of nitrogens with zero attached hydrogens (tertiary/aromatic N) is 1. The Kier molecular flexibility index (Phi) is 5.90. The molecule has 0 spiro atoms. The van der Waals surface area contributed by atoms with Crippen molar-refractivity contribution >= 4 is 33.2 Å². The second kappa shape index (κ2) is 8.53. The average Bonchev–Trinajstić information content (AvgIpc) is 2.71. The average molecular weight is 397 g/mol. The number of sulfonamides is 1. The number of carbonyl (C=O) groups excluding carboxylic acids is 1. The van der Waals surface area contributed by atoms with Crippen molar-refractivity contribution in [2.24, 2.45) is 0 Å². The molecule has 0 radical (unpaired) electrons. The maximum atomic E-state index is 12.3. The molecular weight excluding hydrogens is 378 g/mol. The van der Waals surface area contributed by atoms with E-state index in [0.29, 0.717) is 17.9 Å². The van der Waals surface area contributed by atoms with Crippen molar-refractivity contribution in [3.63, 3.8) is 0 Å². The molecule has 28 heavy (non-hydrogen) atoms. The Morgan fingerprint density at radius 2 is 1.64 bits per heavy atom. The normalized spacial score (nSPS) is 10.9. The van der Waals surface area contributed by atoms with Gasteiger partial charge in [-0.1, -0.05) is 18.2 Å². The van der Waals surface area contributed by atoms with Crippen LogP contribution >= 0.6 is 0 Å². The number of esters is 1. The summed E-state index contributed by atoms with van der Waals surface area (Å²) in [6.45, 7) is 2.08. The molecule has 1 aromatic heterocycles. The third-order valence-corrected chi connectivity index (χ3v) is 5.11. The zero-order valence-corrected chi connectivity index (χ0v) is 15.9. The van der Waals surface area contributed by atoms with Crippen LogP contribution in [0.4, 0.5) is 17.2 Å². The number of pyridine rings is 1. The summed E-state index contributed by atoms with van der Waals surface area (Å²) in [5, 5.41) is 3.13. The molecular formula is C20H19N3O4S. The Bertz CT molecular complexity index is 1040. The van der Waals surface area contributed by atoms with Gasteiger partial charge in [0.15, 0.2) is 0 Å². The third-order valence-electron chi connectivity index (χ3n) is 3.74. The zero-order valence-electron chi connectivity index (χ0n) is 15.1. The Morgan fingerprint density at radius 3 is 2.25 bits per heavy atom. The van der Waals surface area contributed by atoms with Crippen LogP contribution in [-0.4, -0.2) is 26.0 Å². The first kappa shape index (κ1) is 19.4. The lowest BCUT2D eigenvalue weighted by Crippen LogP contribution is -2.13. The largest absolute Gasteiger partial charge is 0.462 e. The van der Waals surface area contributed by atoms with Gasteiger partial charge in [0.2, 0.25) is 0 Å². The molecule has 0 bridgehead atoms. The second-order valence-electron chi connectivity index (χ2n) is 5.77. The number of benzene rings is 2. The fraction of sp³-hybridized carbons (Fsp3) is 0.100. The summed E-state index contributed by atoms with van der Waals surface area (Å²) in [6, 6.07) is 18.2. The van der Waals surface area contributed by atoms with E-state index in [1.165, 1.54) is 18.3 Å². The molecule has 2 N–H and O–H groups in total. The Hall–Kier alpha value is -3.39. The van der Waals surface area contributed by atoms with E-state index in [4.69, 9.17) is 4.74 Å². The monoisotopic (exact) mass is 397 g/mol. The number of carbonyl (C=O) groups is 1. The van der Waals surface area contributed by atoms with Gasteiger partial charge in [-0.2, -0.15) is 0 Å². The van der Waals surface area contributed by atoms with Gasteiger partial charge in [-0.15, -0.1) is 0 Å². The van der Waals surface area contributed by atoms with E-state index in [0.717, 1.165) is 5.69 Å². The fourth-order valence-electron chi connectivity index (χ4n) is 2.40. The molecule has 0 fully saturated rings. The molecule has 3 rings (SSSR count). The minimum Gasteiger partial charge on any atom is -0.462 e. The van der Waals surface area contributed by atoms with E-state index in [1.807, 2.05) is 0 Å². The predicted molar refractivity (Wildman–Crippen MR) is 107 cm³/mol. The lowest BCUT2D eigenvalue weighted by atomic mass is 10.2. The zero-order chi connectivity index (χ0) is 20.0. The summed E-state index contributed by atoms with van der Waals surface area (Å²) in [4.78, 5) is 16.0. The number of hydrogen-bond donors (Lipinski definition) is 2. The number of hydrogen-bond acceptors (Lipinski definition) is 6. The first-order chi connectivity index (χ1) is 13.5. The first-order valence-electron chi connectivity index (χ1n) is 8.56. The molecule has 0 saturated carbocycles. The van der Waals surface area contributed by atoms with Gasteiger partial charge in [-0.05, 0) is 55.5 Å². The molecule has 144 valence electrons. The Balaban J connectivity index is 1.65. The van der Waals surface area contributed by atoms with Crippen LogP contribution in [0.5, 0.6) is 0 Å². The predicted octanol–water partition coefficient (Wildman–Crippen LogP) is 3.80. The standard InChI is InChI=1S/C20H19N3O4S/c1-2-27-20(24)15-8-10-16(11-9-15)22-17-12-13-19(21-14-17)23-28(25,26)18-6-4-3-5-7-18/h3-14,22H,2H2,1H3,(H,21,23). The van der Waals surface area contributed by atoms with Crippen LogP contribution < -0.4 is 10.0 Å². The number of aromatic nitrogens is 1. The molecule has 0 aliphatic rings. The topological polar surface area (TPSA) is 97.4 Å². The van der Waals surface area contributed by atoms with Crippen LogP contribution in [0.1, 0.15) is 17.3 Å². The maximum absolute atomic E-state index is 12.3. The highest BCUT2D eigenvalue weighted by Crippen LogP contribution is 2.19. The van der Waals surface area contributed by atoms with E-state index >= 15 is 0 Å². The van der Waals surface area contributed by atoms with Crippen molar-refractivity contribution in [2.45, 2.75) is 11.8 Å². The van der Waals surface area contributed by atoms with Crippen molar-refractivity contribution in [1.29, 1.82) is 0 Å². The van der Waals surface area contributed by atoms with E-state index in [9.17, 15) is 13.2 Å². The molecule has 3 aromatic rings. The third kappa shape index (κ3) is 4.86. The van der Waals surface area contributed by atoms with Crippen LogP contribution in [0.25, 0.3) is 0 Å². The van der Waals surface area contributed by atoms with E-state index in [1.54, 1.807) is 61.5 Å². The SMILES string of the molecule is CCOC(=O)c1ccc(Nc2ccc(NS(=O)(=O)c3ccccc3)nc2)cc1. The molecule has 2 aromatic carbocycles. The quantitative estimate of drug-likeness (QED) is 0.589. The van der Waals surface area contributed by atoms with Crippen LogP contribution in [0.3, 0.4) is 0 Å². The van der Waals surface area contributed by atoms with Gasteiger partial charge in [-0.25, -0.2) is 18.2 Å². The van der Waals surface area contributed by atoms with Gasteiger partial charge in [0.1, 0.15) is 5.82 Å². The lowest BCUT2D eigenvalue weighted by Gasteiger charge is -2.10. The minimum atomic E-state index is -3.68. The molecule has 0 aliphatic heterocycles. The van der Waals surface area contributed by atoms with Crippen LogP contribution in [0.2, 0.25) is 0 Å². The van der Waals surface area contributed by atoms with Crippen LogP contribution in [0, 0.1) is 0 Å². The summed E-state index contributed by atoms with van der Waals surface area (Å²) in [5.74, 6) is -0.155. The molecule has 0 aliphatic carbocycles. The summed E-state index contributed by atoms with van der Waals surface area (Å²) < 4.78 is 32.0. The molecule has 0 saturated heterocycles. The Morgan fingerprint density at radius 1 is 0.964 bits per heavy atom. The van der Waals surface area contributed by atoms with Crippen molar-refractivity contribution in [3.8, 4) is 0 Å². The number of nitrogens with one attached hydrogen (secondary N) is 2. The van der Waals surface area contributed by atoms with Crippen molar-refractivity contribution in [1.82, 2.24) is 4.98 Å². The first-order valence-corrected chi connectivity index (χ1v) is 10.0. The molecule has 1 heterocycles. The van der Waals surface area contributed by atoms with Gasteiger partial charge in [0, 0.05) is 5.69 Å². The molecule has 0 atom stereocenters. The van der Waals surface area contributed by atoms with E-state index in [-0.39, 0.29) is 16.7 Å². The number of rotatable bonds is 7. The van der Waals surface area contributed by atoms with Gasteiger partial charge >= 0.3 is 5.97 Å². The summed E-state index contributed by atoms with van der Waals surface area (Å²) >= 11 is 0. The maximum Gasteiger partial charge on any atom is 0.338 e. The fourth-order valence-corrected chi connectivity index (χ4v) is 3.42. The van der Waals surface area contributed by atoms with Gasteiger partial charge in [0.05, 0.1) is 29.0 Å². The highest BCUT2D eigenvalue weighted by atomic mass is 32.2. The van der Waals surface area contributed by atoms with Crippen LogP contribution in [0.15, 0.2) is 77.8 Å². The molecule has 0 unspecified atom stereocenters. The van der Waals surface area contributed by atoms with E-state index < -0.39 is 10.0 Å². The van der Waals surface area contributed by atoms with Crippen molar-refractivity contribution < 1.29 is 17.9 Å². The van der Waals surface area contributed by atoms with E-state index in [2.05, 4.69) is 15.0 Å². The van der Waals surface area contributed by atoms with Crippen LogP contribution in [-0.2, 0) is 14.8 Å². The Labute approximate surface area is 163 Å². The number of ether oxygens (including phenoxy) is 1. The van der Waals surface area contributed by atoms with Crippen molar-refractivity contribution in [3.05, 3.63) is 78.5 Å². The van der Waals surface area contributed by atoms with Gasteiger partial charge in [-0.3, -0.25) is 4.72 Å². The van der Waals surface area contributed by atoms with Gasteiger partial charge in [0.25, 0.3) is 10.0 Å². The molecule has 7 nitrogen and oxygen atoms in total. The summed E-state index contributed by atoms with van der Waals surface area (Å²) in [5.41, 5.74) is 1.90.